The molecule has 2 aromatic heterocycles. The van der Waals surface area contributed by atoms with Gasteiger partial charge in [-0.1, -0.05) is 17.9 Å². The molecule has 0 bridgehead atoms. The lowest BCUT2D eigenvalue weighted by Gasteiger charge is -2.14. The molecule has 1 fully saturated rings. The van der Waals surface area contributed by atoms with Crippen LogP contribution in [0.4, 0.5) is 0 Å². The maximum atomic E-state index is 12.3. The van der Waals surface area contributed by atoms with E-state index in [1.54, 1.807) is 35.1 Å². The molecule has 1 aromatic carbocycles. The molecule has 140 valence electrons. The number of hydrogen-bond donors (Lipinski definition) is 1. The molecule has 7 heteroatoms. The van der Waals surface area contributed by atoms with E-state index in [4.69, 9.17) is 5.73 Å². The van der Waals surface area contributed by atoms with Crippen LogP contribution in [0.3, 0.4) is 0 Å². The molecule has 0 unspecified atom stereocenters. The van der Waals surface area contributed by atoms with Crippen LogP contribution in [0.1, 0.15) is 29.4 Å². The number of aromatic nitrogens is 3. The number of nitrogens with zero attached hydrogens (tertiary/aromatic N) is 4. The number of fused-ring (bicyclic) bond motifs is 1. The second kappa shape index (κ2) is 6.50. The van der Waals surface area contributed by atoms with Crippen LogP contribution in [0.25, 0.3) is 16.6 Å². The van der Waals surface area contributed by atoms with Crippen LogP contribution in [-0.4, -0.2) is 45.1 Å². The molecular weight excluding hydrogens is 354 g/mol. The number of benzene rings is 1. The average Bonchev–Trinajstić information content (AvgIpc) is 3.21. The molecule has 7 nitrogen and oxygen atoms in total. The molecule has 0 saturated carbocycles. The van der Waals surface area contributed by atoms with Gasteiger partial charge in [-0.3, -0.25) is 14.6 Å². The zero-order valence-corrected chi connectivity index (χ0v) is 15.6. The van der Waals surface area contributed by atoms with Gasteiger partial charge in [0, 0.05) is 30.7 Å². The Morgan fingerprint density at radius 3 is 2.86 bits per heavy atom. The molecule has 0 spiro atoms. The summed E-state index contributed by atoms with van der Waals surface area (Å²) in [6.45, 7) is 2.59. The minimum atomic E-state index is -0.661. The highest BCUT2D eigenvalue weighted by molar-refractivity contribution is 6.04. The molecular formula is C21H19N5O2. The molecule has 4 rings (SSSR count). The first-order chi connectivity index (χ1) is 13.4. The molecule has 3 aromatic rings. The highest BCUT2D eigenvalue weighted by Crippen LogP contribution is 2.29. The van der Waals surface area contributed by atoms with Gasteiger partial charge < -0.3 is 10.6 Å². The lowest BCUT2D eigenvalue weighted by atomic mass is 9.89. The number of pyridine rings is 1. The summed E-state index contributed by atoms with van der Waals surface area (Å²) in [5.74, 6) is 5.71. The predicted octanol–water partition coefficient (Wildman–Crippen LogP) is 1.74. The predicted molar refractivity (Wildman–Crippen MR) is 105 cm³/mol. The van der Waals surface area contributed by atoms with E-state index in [9.17, 15) is 9.59 Å². The van der Waals surface area contributed by atoms with Gasteiger partial charge >= 0.3 is 0 Å². The lowest BCUT2D eigenvalue weighted by Crippen LogP contribution is -2.28. The van der Waals surface area contributed by atoms with Crippen LogP contribution in [0, 0.1) is 17.3 Å². The molecule has 1 atom stereocenters. The first-order valence-electron chi connectivity index (χ1n) is 8.91. The van der Waals surface area contributed by atoms with Gasteiger partial charge in [0.1, 0.15) is 5.41 Å². The Morgan fingerprint density at radius 2 is 2.14 bits per heavy atom. The molecule has 3 heterocycles. The molecule has 1 saturated heterocycles. The lowest BCUT2D eigenvalue weighted by molar-refractivity contribution is -0.131. The van der Waals surface area contributed by atoms with Gasteiger partial charge in [0.15, 0.2) is 5.69 Å². The van der Waals surface area contributed by atoms with Crippen molar-refractivity contribution in [1.82, 2.24) is 19.7 Å². The molecule has 2 N–H and O–H groups in total. The van der Waals surface area contributed by atoms with Crippen molar-refractivity contribution in [3.05, 3.63) is 54.0 Å². The van der Waals surface area contributed by atoms with Crippen molar-refractivity contribution < 1.29 is 9.59 Å². The summed E-state index contributed by atoms with van der Waals surface area (Å²) >= 11 is 0. The zero-order chi connectivity index (χ0) is 19.9. The number of hydrogen-bond acceptors (Lipinski definition) is 4. The Morgan fingerprint density at radius 1 is 1.32 bits per heavy atom. The van der Waals surface area contributed by atoms with E-state index in [0.29, 0.717) is 23.9 Å². The van der Waals surface area contributed by atoms with Crippen LogP contribution in [0.5, 0.6) is 0 Å². The third kappa shape index (κ3) is 2.89. The standard InChI is InChI=1S/C21H19N5O2/c1-21(9-11-25(2)20(21)28)8-6-14-4-3-5-15(12-14)26-17-13-23-10-7-16(17)18(24-26)19(22)27/h3-5,7,10,12-13H,9,11H2,1-2H3,(H2,22,27)/t21-/m1/s1. The Hall–Kier alpha value is -3.66. The van der Waals surface area contributed by atoms with Gasteiger partial charge in [-0.15, -0.1) is 0 Å². The van der Waals surface area contributed by atoms with Crippen LogP contribution in [0.15, 0.2) is 42.7 Å². The van der Waals surface area contributed by atoms with Crippen molar-refractivity contribution in [2.75, 3.05) is 13.6 Å². The molecule has 2 amide bonds. The molecule has 28 heavy (non-hydrogen) atoms. The SMILES string of the molecule is CN1CC[C@@](C)(C#Cc2cccc(-n3nc(C(N)=O)c4ccncc43)c2)C1=O. The van der Waals surface area contributed by atoms with Crippen molar-refractivity contribution >= 4 is 22.7 Å². The Labute approximate surface area is 162 Å². The summed E-state index contributed by atoms with van der Waals surface area (Å²) in [5, 5.41) is 5.01. The van der Waals surface area contributed by atoms with Crippen molar-refractivity contribution in [1.29, 1.82) is 0 Å². The monoisotopic (exact) mass is 373 g/mol. The minimum Gasteiger partial charge on any atom is -0.364 e. The summed E-state index contributed by atoms with van der Waals surface area (Å²) in [6.07, 6.45) is 3.95. The number of nitrogens with two attached hydrogens (primary N) is 1. The van der Waals surface area contributed by atoms with Crippen molar-refractivity contribution in [2.24, 2.45) is 11.1 Å². The van der Waals surface area contributed by atoms with Crippen LogP contribution in [-0.2, 0) is 4.79 Å². The smallest absolute Gasteiger partial charge is 0.269 e. The third-order valence-electron chi connectivity index (χ3n) is 5.06. The second-order valence-corrected chi connectivity index (χ2v) is 7.13. The van der Waals surface area contributed by atoms with E-state index >= 15 is 0 Å². The summed E-state index contributed by atoms with van der Waals surface area (Å²) in [4.78, 5) is 29.9. The molecule has 0 radical (unpaired) electrons. The summed E-state index contributed by atoms with van der Waals surface area (Å²) in [6, 6.07) is 9.18. The molecule has 0 aliphatic carbocycles. The van der Waals surface area contributed by atoms with Gasteiger partial charge in [-0.05, 0) is 37.6 Å². The number of carbonyl (C=O) groups excluding carboxylic acids is 2. The second-order valence-electron chi connectivity index (χ2n) is 7.13. The number of likely N-dealkylation sites (tertiary alicyclic amines) is 1. The van der Waals surface area contributed by atoms with Gasteiger partial charge in [-0.25, -0.2) is 4.68 Å². The van der Waals surface area contributed by atoms with Gasteiger partial charge in [-0.2, -0.15) is 5.10 Å². The van der Waals surface area contributed by atoms with Gasteiger partial charge in [0.05, 0.1) is 17.4 Å². The van der Waals surface area contributed by atoms with E-state index in [1.165, 1.54) is 0 Å². The largest absolute Gasteiger partial charge is 0.364 e. The average molecular weight is 373 g/mol. The van der Waals surface area contributed by atoms with Crippen molar-refractivity contribution in [3.8, 4) is 17.5 Å². The Kier molecular flexibility index (Phi) is 4.12. The topological polar surface area (TPSA) is 94.1 Å². The Bertz CT molecular complexity index is 1170. The fraction of sp³-hybridized carbons (Fsp3) is 0.238. The maximum absolute atomic E-state index is 12.3. The van der Waals surface area contributed by atoms with Crippen LogP contribution in [0.2, 0.25) is 0 Å². The summed E-state index contributed by atoms with van der Waals surface area (Å²) in [5.41, 5.74) is 7.17. The van der Waals surface area contributed by atoms with E-state index in [-0.39, 0.29) is 11.6 Å². The third-order valence-corrected chi connectivity index (χ3v) is 5.06. The van der Waals surface area contributed by atoms with Gasteiger partial charge in [0.2, 0.25) is 5.91 Å². The first-order valence-corrected chi connectivity index (χ1v) is 8.91. The molecule has 1 aliphatic heterocycles. The maximum Gasteiger partial charge on any atom is 0.269 e. The number of rotatable bonds is 2. The van der Waals surface area contributed by atoms with Crippen molar-refractivity contribution in [3.63, 3.8) is 0 Å². The molecule has 1 aliphatic rings. The van der Waals surface area contributed by atoms with Crippen molar-refractivity contribution in [2.45, 2.75) is 13.3 Å². The Balaban J connectivity index is 1.76. The fourth-order valence-corrected chi connectivity index (χ4v) is 3.40. The van der Waals surface area contributed by atoms with E-state index < -0.39 is 11.3 Å². The van der Waals surface area contributed by atoms with Crippen LogP contribution < -0.4 is 5.73 Å². The first kappa shape index (κ1) is 17.7. The van der Waals surface area contributed by atoms with E-state index in [1.807, 2.05) is 31.2 Å². The van der Waals surface area contributed by atoms with E-state index in [2.05, 4.69) is 21.9 Å². The zero-order valence-electron chi connectivity index (χ0n) is 15.6. The van der Waals surface area contributed by atoms with Crippen LogP contribution >= 0.6 is 0 Å². The number of amides is 2. The summed E-state index contributed by atoms with van der Waals surface area (Å²) < 4.78 is 1.63. The quantitative estimate of drug-likeness (QED) is 0.692. The fourth-order valence-electron chi connectivity index (χ4n) is 3.40. The normalized spacial score (nSPS) is 18.9. The van der Waals surface area contributed by atoms with Gasteiger partial charge in [0.25, 0.3) is 5.91 Å². The highest BCUT2D eigenvalue weighted by atomic mass is 16.2. The summed E-state index contributed by atoms with van der Waals surface area (Å²) in [7, 11) is 1.79. The number of carbonyl (C=O) groups is 2. The van der Waals surface area contributed by atoms with E-state index in [0.717, 1.165) is 11.3 Å². The number of primary amides is 1. The minimum absolute atomic E-state index is 0.0476. The highest BCUT2D eigenvalue weighted by Gasteiger charge is 2.39.